The molecule has 2 heterocycles. The Labute approximate surface area is 161 Å². The number of amides is 1. The number of rotatable bonds is 5. The van der Waals surface area contributed by atoms with Gasteiger partial charge in [-0.3, -0.25) is 9.69 Å². The Kier molecular flexibility index (Phi) is 5.79. The fourth-order valence-corrected chi connectivity index (χ4v) is 5.94. The standard InChI is InChI=1S/C19H29N3O4S/c1-15-6-7-16(26-2)17(14-15)27(24,25)22-12-8-19(9-13-22,18(20)23)21-10-4-3-5-11-21/h6-7,14H,3-5,8-13H2,1-2H3,(H2,20,23). The molecule has 0 aromatic heterocycles. The van der Waals surface area contributed by atoms with Gasteiger partial charge in [-0.25, -0.2) is 8.42 Å². The van der Waals surface area contributed by atoms with Gasteiger partial charge in [0.25, 0.3) is 0 Å². The number of nitrogens with two attached hydrogens (primary N) is 1. The van der Waals surface area contributed by atoms with E-state index in [0.29, 0.717) is 18.6 Å². The summed E-state index contributed by atoms with van der Waals surface area (Å²) in [6, 6.07) is 5.13. The molecule has 8 heteroatoms. The summed E-state index contributed by atoms with van der Waals surface area (Å²) in [5.74, 6) is -0.00190. The molecule has 150 valence electrons. The van der Waals surface area contributed by atoms with Crippen LogP contribution in [0.1, 0.15) is 37.7 Å². The van der Waals surface area contributed by atoms with Gasteiger partial charge in [0.15, 0.2) is 0 Å². The number of hydrogen-bond acceptors (Lipinski definition) is 5. The Bertz CT molecular complexity index is 795. The largest absolute Gasteiger partial charge is 0.495 e. The lowest BCUT2D eigenvalue weighted by atomic mass is 9.84. The maximum Gasteiger partial charge on any atom is 0.246 e. The Morgan fingerprint density at radius 2 is 1.74 bits per heavy atom. The molecule has 0 spiro atoms. The smallest absolute Gasteiger partial charge is 0.246 e. The van der Waals surface area contributed by atoms with E-state index in [1.807, 2.05) is 13.0 Å². The zero-order valence-electron chi connectivity index (χ0n) is 16.1. The number of methoxy groups -OCH3 is 1. The average molecular weight is 396 g/mol. The molecule has 2 aliphatic rings. The number of sulfonamides is 1. The van der Waals surface area contributed by atoms with Crippen LogP contribution in [-0.2, 0) is 14.8 Å². The van der Waals surface area contributed by atoms with Crippen molar-refractivity contribution >= 4 is 15.9 Å². The van der Waals surface area contributed by atoms with E-state index in [1.54, 1.807) is 12.1 Å². The van der Waals surface area contributed by atoms with E-state index in [-0.39, 0.29) is 23.9 Å². The fourth-order valence-electron chi connectivity index (χ4n) is 4.26. The van der Waals surface area contributed by atoms with Gasteiger partial charge in [0.1, 0.15) is 16.2 Å². The van der Waals surface area contributed by atoms with Gasteiger partial charge in [-0.15, -0.1) is 0 Å². The normalized spacial score (nSPS) is 21.7. The highest BCUT2D eigenvalue weighted by molar-refractivity contribution is 7.89. The summed E-state index contributed by atoms with van der Waals surface area (Å²) < 4.78 is 33.1. The number of primary amides is 1. The molecule has 1 aromatic rings. The van der Waals surface area contributed by atoms with Crippen LogP contribution >= 0.6 is 0 Å². The molecule has 1 aromatic carbocycles. The van der Waals surface area contributed by atoms with Crippen LogP contribution in [0.4, 0.5) is 0 Å². The number of hydrogen-bond donors (Lipinski definition) is 1. The van der Waals surface area contributed by atoms with Gasteiger partial charge in [-0.1, -0.05) is 12.5 Å². The highest BCUT2D eigenvalue weighted by Gasteiger charge is 2.47. The van der Waals surface area contributed by atoms with Gasteiger partial charge in [-0.05, 0) is 63.4 Å². The molecule has 0 aliphatic carbocycles. The molecule has 2 saturated heterocycles. The molecule has 0 radical (unpaired) electrons. The zero-order chi connectivity index (χ0) is 19.7. The quantitative estimate of drug-likeness (QED) is 0.815. The molecule has 0 saturated carbocycles. The lowest BCUT2D eigenvalue weighted by Gasteiger charge is -2.47. The summed E-state index contributed by atoms with van der Waals surface area (Å²) in [4.78, 5) is 14.7. The first-order valence-electron chi connectivity index (χ1n) is 9.51. The number of likely N-dealkylation sites (tertiary alicyclic amines) is 1. The Hall–Kier alpha value is -1.64. The number of aryl methyl sites for hydroxylation is 1. The minimum absolute atomic E-state index is 0.176. The first-order chi connectivity index (χ1) is 12.8. The van der Waals surface area contributed by atoms with Gasteiger partial charge >= 0.3 is 0 Å². The van der Waals surface area contributed by atoms with Crippen molar-refractivity contribution in [3.8, 4) is 5.75 Å². The van der Waals surface area contributed by atoms with Crippen molar-refractivity contribution in [1.29, 1.82) is 0 Å². The molecule has 3 rings (SSSR count). The molecule has 0 atom stereocenters. The Balaban J connectivity index is 1.83. The molecule has 1 amide bonds. The highest BCUT2D eigenvalue weighted by Crippen LogP contribution is 2.35. The predicted octanol–water partition coefficient (Wildman–Crippen LogP) is 1.50. The molecule has 2 N–H and O–H groups in total. The van der Waals surface area contributed by atoms with Crippen molar-refractivity contribution in [1.82, 2.24) is 9.21 Å². The molecule has 27 heavy (non-hydrogen) atoms. The van der Waals surface area contributed by atoms with Gasteiger partial charge in [0, 0.05) is 13.1 Å². The Morgan fingerprint density at radius 3 is 2.30 bits per heavy atom. The van der Waals surface area contributed by atoms with Gasteiger partial charge < -0.3 is 10.5 Å². The molecule has 0 unspecified atom stereocenters. The van der Waals surface area contributed by atoms with Gasteiger partial charge in [-0.2, -0.15) is 4.31 Å². The van der Waals surface area contributed by atoms with Crippen molar-refractivity contribution in [3.63, 3.8) is 0 Å². The summed E-state index contributed by atoms with van der Waals surface area (Å²) in [5.41, 5.74) is 5.92. The molecule has 2 fully saturated rings. The molecular formula is C19H29N3O4S. The molecule has 2 aliphatic heterocycles. The Morgan fingerprint density at radius 1 is 1.11 bits per heavy atom. The van der Waals surface area contributed by atoms with Crippen LogP contribution in [0.25, 0.3) is 0 Å². The summed E-state index contributed by atoms with van der Waals surface area (Å²) in [6.07, 6.45) is 4.12. The van der Waals surface area contributed by atoms with Crippen LogP contribution in [0.15, 0.2) is 23.1 Å². The topological polar surface area (TPSA) is 92.9 Å². The predicted molar refractivity (Wildman–Crippen MR) is 103 cm³/mol. The van der Waals surface area contributed by atoms with E-state index in [4.69, 9.17) is 10.5 Å². The molecule has 7 nitrogen and oxygen atoms in total. The third-order valence-electron chi connectivity index (χ3n) is 5.91. The van der Waals surface area contributed by atoms with Crippen LogP contribution in [0.3, 0.4) is 0 Å². The number of nitrogens with zero attached hydrogens (tertiary/aromatic N) is 2. The van der Waals surface area contributed by atoms with Crippen LogP contribution in [0.2, 0.25) is 0 Å². The molecular weight excluding hydrogens is 366 g/mol. The minimum atomic E-state index is -3.70. The number of piperidine rings is 2. The van der Waals surface area contributed by atoms with Crippen molar-refractivity contribution in [3.05, 3.63) is 23.8 Å². The second kappa shape index (κ2) is 7.77. The summed E-state index contributed by atoms with van der Waals surface area (Å²) in [7, 11) is -2.23. The van der Waals surface area contributed by atoms with Crippen LogP contribution in [-0.4, -0.2) is 62.4 Å². The van der Waals surface area contributed by atoms with E-state index in [0.717, 1.165) is 31.5 Å². The van der Waals surface area contributed by atoms with Crippen LogP contribution in [0, 0.1) is 6.92 Å². The van der Waals surface area contributed by atoms with Crippen molar-refractivity contribution in [2.75, 3.05) is 33.3 Å². The van der Waals surface area contributed by atoms with Crippen LogP contribution < -0.4 is 10.5 Å². The second-order valence-electron chi connectivity index (χ2n) is 7.50. The van der Waals surface area contributed by atoms with E-state index < -0.39 is 15.6 Å². The maximum atomic E-state index is 13.2. The number of carbonyl (C=O) groups excluding carboxylic acids is 1. The number of benzene rings is 1. The van der Waals surface area contributed by atoms with Crippen molar-refractivity contribution in [2.24, 2.45) is 5.73 Å². The number of carbonyl (C=O) groups is 1. The van der Waals surface area contributed by atoms with Gasteiger partial charge in [0.05, 0.1) is 7.11 Å². The first kappa shape index (κ1) is 20.1. The third-order valence-corrected chi connectivity index (χ3v) is 7.83. The summed E-state index contributed by atoms with van der Waals surface area (Å²) in [6.45, 7) is 4.10. The summed E-state index contributed by atoms with van der Waals surface area (Å²) >= 11 is 0. The zero-order valence-corrected chi connectivity index (χ0v) is 16.9. The second-order valence-corrected chi connectivity index (χ2v) is 9.41. The summed E-state index contributed by atoms with van der Waals surface area (Å²) in [5, 5.41) is 0. The lowest BCUT2D eigenvalue weighted by Crippen LogP contribution is -2.63. The fraction of sp³-hybridized carbons (Fsp3) is 0.632. The van der Waals surface area contributed by atoms with Crippen molar-refractivity contribution < 1.29 is 17.9 Å². The monoisotopic (exact) mass is 395 g/mol. The first-order valence-corrected chi connectivity index (χ1v) is 10.9. The minimum Gasteiger partial charge on any atom is -0.495 e. The van der Waals surface area contributed by atoms with E-state index in [2.05, 4.69) is 4.90 Å². The van der Waals surface area contributed by atoms with Crippen LogP contribution in [0.5, 0.6) is 5.75 Å². The number of ether oxygens (including phenoxy) is 1. The maximum absolute atomic E-state index is 13.2. The lowest BCUT2D eigenvalue weighted by molar-refractivity contribution is -0.134. The average Bonchev–Trinajstić information content (AvgIpc) is 2.68. The van der Waals surface area contributed by atoms with Gasteiger partial charge in [0.2, 0.25) is 15.9 Å². The molecule has 0 bridgehead atoms. The SMILES string of the molecule is COc1ccc(C)cc1S(=O)(=O)N1CCC(C(N)=O)(N2CCCCC2)CC1. The van der Waals surface area contributed by atoms with E-state index in [1.165, 1.54) is 17.8 Å². The van der Waals surface area contributed by atoms with E-state index >= 15 is 0 Å². The van der Waals surface area contributed by atoms with E-state index in [9.17, 15) is 13.2 Å². The third kappa shape index (κ3) is 3.70. The van der Waals surface area contributed by atoms with Crippen molar-refractivity contribution in [2.45, 2.75) is 49.5 Å². The highest BCUT2D eigenvalue weighted by atomic mass is 32.2.